The van der Waals surface area contributed by atoms with Gasteiger partial charge in [0.15, 0.2) is 5.82 Å². The largest absolute Gasteiger partial charge is 0.396 e. The summed E-state index contributed by atoms with van der Waals surface area (Å²) in [7, 11) is 0. The number of hydrogen-bond donors (Lipinski definition) is 1. The molecule has 34 heavy (non-hydrogen) atoms. The van der Waals surface area contributed by atoms with Gasteiger partial charge in [0.2, 0.25) is 0 Å². The number of benzene rings is 2. The van der Waals surface area contributed by atoms with E-state index in [0.29, 0.717) is 16.9 Å². The molecule has 2 bridgehead atoms. The number of piperidine rings is 1. The molecule has 0 radical (unpaired) electrons. The SMILES string of the molecule is CC(C)(CO)Cn1c(-c2cccc(Cl)c2F)nc2ccc(N3CCN4CCC3CC4)cc2c1=O. The van der Waals surface area contributed by atoms with E-state index >= 15 is 0 Å². The minimum Gasteiger partial charge on any atom is -0.396 e. The Balaban J connectivity index is 1.68. The molecule has 3 saturated heterocycles. The van der Waals surface area contributed by atoms with Gasteiger partial charge in [-0.1, -0.05) is 31.5 Å². The molecular formula is C26H30ClFN4O2. The summed E-state index contributed by atoms with van der Waals surface area (Å²) in [5, 5.41) is 10.4. The van der Waals surface area contributed by atoms with Crippen LogP contribution in [0.15, 0.2) is 41.2 Å². The minimum absolute atomic E-state index is 0.0260. The molecule has 0 aliphatic carbocycles. The van der Waals surface area contributed by atoms with Crippen LogP contribution < -0.4 is 10.5 Å². The Labute approximate surface area is 203 Å². The van der Waals surface area contributed by atoms with Crippen molar-refractivity contribution < 1.29 is 9.50 Å². The third-order valence-corrected chi connectivity index (χ3v) is 7.42. The fraction of sp³-hybridized carbons (Fsp3) is 0.462. The molecule has 0 atom stereocenters. The van der Waals surface area contributed by atoms with E-state index in [0.717, 1.165) is 44.7 Å². The Kier molecular flexibility index (Phi) is 6.12. The third-order valence-electron chi connectivity index (χ3n) is 7.13. The van der Waals surface area contributed by atoms with Crippen LogP contribution in [0.25, 0.3) is 22.3 Å². The first-order chi connectivity index (χ1) is 16.3. The number of anilines is 1. The van der Waals surface area contributed by atoms with Crippen LogP contribution in [0, 0.1) is 11.2 Å². The first kappa shape index (κ1) is 23.3. The summed E-state index contributed by atoms with van der Waals surface area (Å²) < 4.78 is 16.5. The van der Waals surface area contributed by atoms with Gasteiger partial charge in [-0.25, -0.2) is 9.37 Å². The summed E-state index contributed by atoms with van der Waals surface area (Å²) in [5.41, 5.74) is 0.867. The van der Waals surface area contributed by atoms with E-state index in [9.17, 15) is 14.3 Å². The molecule has 3 aliphatic heterocycles. The fourth-order valence-corrected chi connectivity index (χ4v) is 5.30. The second-order valence-corrected chi connectivity index (χ2v) is 10.6. The van der Waals surface area contributed by atoms with Gasteiger partial charge in [0.25, 0.3) is 5.56 Å². The van der Waals surface area contributed by atoms with E-state index < -0.39 is 11.2 Å². The molecule has 2 aromatic carbocycles. The summed E-state index contributed by atoms with van der Waals surface area (Å²) in [6.45, 7) is 7.99. The van der Waals surface area contributed by atoms with E-state index in [-0.39, 0.29) is 35.1 Å². The topological polar surface area (TPSA) is 61.6 Å². The van der Waals surface area contributed by atoms with Crippen molar-refractivity contribution in [3.05, 3.63) is 57.6 Å². The Morgan fingerprint density at radius 1 is 1.15 bits per heavy atom. The average molecular weight is 485 g/mol. The molecule has 6 nitrogen and oxygen atoms in total. The number of aliphatic hydroxyl groups excluding tert-OH is 1. The van der Waals surface area contributed by atoms with Crippen molar-refractivity contribution in [3.8, 4) is 11.4 Å². The van der Waals surface area contributed by atoms with Gasteiger partial charge in [0.1, 0.15) is 5.82 Å². The minimum atomic E-state index is -0.613. The number of aliphatic hydroxyl groups is 1. The van der Waals surface area contributed by atoms with E-state index in [1.165, 1.54) is 10.6 Å². The highest BCUT2D eigenvalue weighted by Gasteiger charge is 2.30. The molecule has 6 rings (SSSR count). The fourth-order valence-electron chi connectivity index (χ4n) is 5.12. The zero-order valence-corrected chi connectivity index (χ0v) is 20.4. The molecule has 0 spiro atoms. The smallest absolute Gasteiger partial charge is 0.261 e. The molecule has 4 heterocycles. The molecular weight excluding hydrogens is 455 g/mol. The summed E-state index contributed by atoms with van der Waals surface area (Å²) in [4.78, 5) is 23.5. The highest BCUT2D eigenvalue weighted by Crippen LogP contribution is 2.31. The molecule has 1 N–H and O–H groups in total. The van der Waals surface area contributed by atoms with Gasteiger partial charge in [0, 0.05) is 56.5 Å². The van der Waals surface area contributed by atoms with Crippen molar-refractivity contribution in [1.29, 1.82) is 0 Å². The average Bonchev–Trinajstić information content (AvgIpc) is 3.16. The van der Waals surface area contributed by atoms with Crippen molar-refractivity contribution in [2.45, 2.75) is 39.3 Å². The molecule has 180 valence electrons. The number of fused-ring (bicyclic) bond motifs is 5. The zero-order valence-electron chi connectivity index (χ0n) is 19.6. The Bertz CT molecular complexity index is 1280. The maximum Gasteiger partial charge on any atom is 0.261 e. The van der Waals surface area contributed by atoms with Crippen molar-refractivity contribution in [2.75, 3.05) is 37.7 Å². The molecule has 3 fully saturated rings. The van der Waals surface area contributed by atoms with E-state index in [2.05, 4.69) is 9.80 Å². The molecule has 3 aromatic rings. The number of halogens is 2. The van der Waals surface area contributed by atoms with E-state index in [1.54, 1.807) is 12.1 Å². The quantitative estimate of drug-likeness (QED) is 0.589. The normalized spacial score (nSPS) is 20.7. The monoisotopic (exact) mass is 484 g/mol. The summed E-state index contributed by atoms with van der Waals surface area (Å²) in [5.74, 6) is -0.397. The van der Waals surface area contributed by atoms with Gasteiger partial charge in [0.05, 0.1) is 21.5 Å². The Morgan fingerprint density at radius 2 is 1.91 bits per heavy atom. The summed E-state index contributed by atoms with van der Waals surface area (Å²) in [6, 6.07) is 11.0. The van der Waals surface area contributed by atoms with Gasteiger partial charge in [-0.15, -0.1) is 0 Å². The first-order valence-electron chi connectivity index (χ1n) is 11.9. The molecule has 3 aliphatic rings. The lowest BCUT2D eigenvalue weighted by Crippen LogP contribution is -2.38. The highest BCUT2D eigenvalue weighted by atomic mass is 35.5. The zero-order chi connectivity index (χ0) is 24.0. The Hall–Kier alpha value is -2.48. The van der Waals surface area contributed by atoms with Crippen LogP contribution in [-0.2, 0) is 6.54 Å². The predicted octanol–water partition coefficient (Wildman–Crippen LogP) is 4.16. The van der Waals surface area contributed by atoms with E-state index in [1.807, 2.05) is 32.0 Å². The third kappa shape index (κ3) is 4.21. The van der Waals surface area contributed by atoms with Crippen LogP contribution in [0.5, 0.6) is 0 Å². The maximum absolute atomic E-state index is 15.0. The molecule has 0 unspecified atom stereocenters. The molecule has 1 aromatic heterocycles. The molecule has 0 saturated carbocycles. The van der Waals surface area contributed by atoms with Crippen LogP contribution in [0.4, 0.5) is 10.1 Å². The standard InChI is InChI=1S/C26H30ClFN4O2/c1-26(2,16-33)15-32-24(19-4-3-5-21(27)23(19)28)29-22-7-6-18(14-20(22)25(32)34)31-13-12-30-10-8-17(31)9-11-30/h3-7,14,17,33H,8-13,15-16H2,1-2H3. The van der Waals surface area contributed by atoms with Gasteiger partial charge >= 0.3 is 0 Å². The number of aromatic nitrogens is 2. The predicted molar refractivity (Wildman–Crippen MR) is 134 cm³/mol. The first-order valence-corrected chi connectivity index (χ1v) is 12.2. The van der Waals surface area contributed by atoms with Crippen molar-refractivity contribution in [3.63, 3.8) is 0 Å². The van der Waals surface area contributed by atoms with Gasteiger partial charge in [-0.2, -0.15) is 0 Å². The van der Waals surface area contributed by atoms with Crippen molar-refractivity contribution in [1.82, 2.24) is 14.5 Å². The van der Waals surface area contributed by atoms with Crippen LogP contribution in [0.1, 0.15) is 26.7 Å². The van der Waals surface area contributed by atoms with Crippen LogP contribution >= 0.6 is 11.6 Å². The van der Waals surface area contributed by atoms with Crippen LogP contribution in [-0.4, -0.2) is 58.4 Å². The van der Waals surface area contributed by atoms with Gasteiger partial charge < -0.3 is 14.9 Å². The summed E-state index contributed by atoms with van der Waals surface area (Å²) in [6.07, 6.45) is 2.25. The number of nitrogens with zero attached hydrogens (tertiary/aromatic N) is 4. The molecule has 8 heteroatoms. The Morgan fingerprint density at radius 3 is 2.65 bits per heavy atom. The second kappa shape index (κ2) is 8.95. The number of rotatable bonds is 5. The van der Waals surface area contributed by atoms with Gasteiger partial charge in [-0.3, -0.25) is 9.36 Å². The van der Waals surface area contributed by atoms with Crippen molar-refractivity contribution >= 4 is 28.2 Å². The lowest BCUT2D eigenvalue weighted by molar-refractivity contribution is 0.140. The van der Waals surface area contributed by atoms with Crippen LogP contribution in [0.3, 0.4) is 0 Å². The van der Waals surface area contributed by atoms with Gasteiger partial charge in [-0.05, 0) is 43.2 Å². The van der Waals surface area contributed by atoms with Crippen molar-refractivity contribution in [2.24, 2.45) is 5.41 Å². The lowest BCUT2D eigenvalue weighted by Gasteiger charge is -2.33. The maximum atomic E-state index is 15.0. The summed E-state index contributed by atoms with van der Waals surface area (Å²) >= 11 is 6.05. The van der Waals surface area contributed by atoms with Crippen LogP contribution in [0.2, 0.25) is 5.02 Å². The highest BCUT2D eigenvalue weighted by molar-refractivity contribution is 6.31. The second-order valence-electron chi connectivity index (χ2n) is 10.2. The lowest BCUT2D eigenvalue weighted by atomic mass is 9.94. The molecule has 0 amide bonds. The van der Waals surface area contributed by atoms with E-state index in [4.69, 9.17) is 16.6 Å². The number of hydrogen-bond acceptors (Lipinski definition) is 5.